The van der Waals surface area contributed by atoms with Gasteiger partial charge < -0.3 is 14.5 Å². The van der Waals surface area contributed by atoms with E-state index in [4.69, 9.17) is 9.15 Å². The molecule has 1 N–H and O–H groups in total. The van der Waals surface area contributed by atoms with Crippen LogP contribution in [0, 0.1) is 0 Å². The van der Waals surface area contributed by atoms with Crippen LogP contribution in [0.1, 0.15) is 12.2 Å². The van der Waals surface area contributed by atoms with Crippen molar-refractivity contribution in [2.45, 2.75) is 12.5 Å². The van der Waals surface area contributed by atoms with Gasteiger partial charge in [-0.3, -0.25) is 4.79 Å². The molecule has 0 saturated carbocycles. The molecule has 1 aromatic rings. The average molecular weight is 269 g/mol. The Morgan fingerprint density at radius 3 is 3.11 bits per heavy atom. The van der Waals surface area contributed by atoms with Crippen molar-refractivity contribution in [1.29, 1.82) is 0 Å². The lowest BCUT2D eigenvalue weighted by atomic mass is 10.2. The smallest absolute Gasteiger partial charge is 0.244 e. The third-order valence-electron chi connectivity index (χ3n) is 2.42. The zero-order chi connectivity index (χ0) is 13.2. The Bertz CT molecular complexity index is 362. The molecule has 1 amide bonds. The zero-order valence-corrected chi connectivity index (χ0v) is 11.5. The molecule has 0 spiro atoms. The van der Waals surface area contributed by atoms with Crippen LogP contribution in [0.25, 0.3) is 6.08 Å². The minimum absolute atomic E-state index is 0.0680. The van der Waals surface area contributed by atoms with Crippen molar-refractivity contribution >= 4 is 23.7 Å². The summed E-state index contributed by atoms with van der Waals surface area (Å²) in [4.78, 5) is 11.5. The molecular weight excluding hydrogens is 250 g/mol. The molecule has 18 heavy (non-hydrogen) atoms. The van der Waals surface area contributed by atoms with Gasteiger partial charge in [0.25, 0.3) is 0 Å². The maximum absolute atomic E-state index is 11.5. The molecule has 1 atom stereocenters. The van der Waals surface area contributed by atoms with E-state index < -0.39 is 0 Å². The second-order valence-corrected chi connectivity index (χ2v) is 4.72. The number of hydrogen-bond acceptors (Lipinski definition) is 4. The van der Waals surface area contributed by atoms with Crippen LogP contribution in [-0.2, 0) is 9.53 Å². The lowest BCUT2D eigenvalue weighted by Gasteiger charge is -2.14. The number of thioether (sulfide) groups is 1. The van der Waals surface area contributed by atoms with Crippen LogP contribution in [0.15, 0.2) is 28.9 Å². The van der Waals surface area contributed by atoms with Crippen molar-refractivity contribution in [2.75, 3.05) is 25.7 Å². The summed E-state index contributed by atoms with van der Waals surface area (Å²) in [5.41, 5.74) is 0. The Morgan fingerprint density at radius 2 is 2.50 bits per heavy atom. The van der Waals surface area contributed by atoms with Crippen molar-refractivity contribution in [2.24, 2.45) is 0 Å². The van der Waals surface area contributed by atoms with E-state index in [-0.39, 0.29) is 12.0 Å². The number of rotatable bonds is 8. The van der Waals surface area contributed by atoms with Crippen molar-refractivity contribution in [1.82, 2.24) is 5.32 Å². The highest BCUT2D eigenvalue weighted by Gasteiger charge is 2.07. The van der Waals surface area contributed by atoms with E-state index >= 15 is 0 Å². The van der Waals surface area contributed by atoms with Gasteiger partial charge in [-0.1, -0.05) is 0 Å². The molecule has 0 aliphatic heterocycles. The minimum Gasteiger partial charge on any atom is -0.465 e. The molecule has 1 heterocycles. The maximum Gasteiger partial charge on any atom is 0.244 e. The standard InChI is InChI=1S/C13H19NO3S/c1-16-12(7-9-18-2)10-14-13(15)6-5-11-4-3-8-17-11/h3-6,8,12H,7,9-10H2,1-2H3,(H,14,15)/b6-5+. The van der Waals surface area contributed by atoms with Gasteiger partial charge >= 0.3 is 0 Å². The molecule has 0 aliphatic carbocycles. The summed E-state index contributed by atoms with van der Waals surface area (Å²) in [6, 6.07) is 3.57. The van der Waals surface area contributed by atoms with Gasteiger partial charge in [0.1, 0.15) is 5.76 Å². The molecule has 1 unspecified atom stereocenters. The minimum atomic E-state index is -0.141. The SMILES string of the molecule is COC(CCSC)CNC(=O)/C=C/c1ccco1. The number of ether oxygens (including phenoxy) is 1. The molecule has 100 valence electrons. The van der Waals surface area contributed by atoms with E-state index in [0.29, 0.717) is 12.3 Å². The number of methoxy groups -OCH3 is 1. The highest BCUT2D eigenvalue weighted by molar-refractivity contribution is 7.98. The second kappa shape index (κ2) is 8.83. The molecule has 5 heteroatoms. The third kappa shape index (κ3) is 5.93. The van der Waals surface area contributed by atoms with Crippen LogP contribution < -0.4 is 5.32 Å². The molecule has 0 aliphatic rings. The van der Waals surface area contributed by atoms with E-state index in [0.717, 1.165) is 12.2 Å². The number of hydrogen-bond donors (Lipinski definition) is 1. The van der Waals surface area contributed by atoms with Crippen LogP contribution in [0.5, 0.6) is 0 Å². The fourth-order valence-electron chi connectivity index (χ4n) is 1.37. The summed E-state index contributed by atoms with van der Waals surface area (Å²) in [5.74, 6) is 1.55. The summed E-state index contributed by atoms with van der Waals surface area (Å²) in [6.45, 7) is 0.526. The first-order chi connectivity index (χ1) is 8.76. The lowest BCUT2D eigenvalue weighted by Crippen LogP contribution is -2.32. The fourth-order valence-corrected chi connectivity index (χ4v) is 1.87. The number of furan rings is 1. The Balaban J connectivity index is 2.27. The Morgan fingerprint density at radius 1 is 1.67 bits per heavy atom. The Kier molecular flexibility index (Phi) is 7.29. The van der Waals surface area contributed by atoms with E-state index in [1.54, 1.807) is 43.3 Å². The molecule has 0 fully saturated rings. The quantitative estimate of drug-likeness (QED) is 0.735. The zero-order valence-electron chi connectivity index (χ0n) is 10.7. The lowest BCUT2D eigenvalue weighted by molar-refractivity contribution is -0.117. The number of carbonyl (C=O) groups excluding carboxylic acids is 1. The third-order valence-corrected chi connectivity index (χ3v) is 3.07. The number of amides is 1. The molecule has 0 radical (unpaired) electrons. The molecular formula is C13H19NO3S. The molecule has 0 bridgehead atoms. The number of nitrogens with one attached hydrogen (secondary N) is 1. The number of carbonyl (C=O) groups is 1. The topological polar surface area (TPSA) is 51.5 Å². The predicted octanol–water partition coefficient (Wildman–Crippen LogP) is 2.18. The van der Waals surface area contributed by atoms with E-state index in [2.05, 4.69) is 11.6 Å². The summed E-state index contributed by atoms with van der Waals surface area (Å²) >= 11 is 1.77. The molecule has 1 rings (SSSR count). The maximum atomic E-state index is 11.5. The fraction of sp³-hybridized carbons (Fsp3) is 0.462. The van der Waals surface area contributed by atoms with Gasteiger partial charge in [0.15, 0.2) is 0 Å². The van der Waals surface area contributed by atoms with Gasteiger partial charge in [0.05, 0.1) is 12.4 Å². The van der Waals surface area contributed by atoms with Crippen LogP contribution in [-0.4, -0.2) is 37.7 Å². The van der Waals surface area contributed by atoms with Gasteiger partial charge in [-0.2, -0.15) is 11.8 Å². The highest BCUT2D eigenvalue weighted by Crippen LogP contribution is 2.03. The summed E-state index contributed by atoms with van der Waals surface area (Å²) in [6.07, 6.45) is 7.72. The van der Waals surface area contributed by atoms with Crippen LogP contribution >= 0.6 is 11.8 Å². The molecule has 0 saturated heterocycles. The first-order valence-electron chi connectivity index (χ1n) is 5.77. The van der Waals surface area contributed by atoms with Gasteiger partial charge in [-0.25, -0.2) is 0 Å². The van der Waals surface area contributed by atoms with Crippen molar-refractivity contribution in [3.05, 3.63) is 30.2 Å². The van der Waals surface area contributed by atoms with E-state index in [1.807, 2.05) is 0 Å². The first kappa shape index (κ1) is 14.9. The van der Waals surface area contributed by atoms with Crippen LogP contribution in [0.4, 0.5) is 0 Å². The van der Waals surface area contributed by atoms with Gasteiger partial charge in [-0.15, -0.1) is 0 Å². The summed E-state index contributed by atoms with van der Waals surface area (Å²) in [7, 11) is 1.66. The highest BCUT2D eigenvalue weighted by atomic mass is 32.2. The van der Waals surface area contributed by atoms with Crippen molar-refractivity contribution in [3.8, 4) is 0 Å². The average Bonchev–Trinajstić information content (AvgIpc) is 2.89. The van der Waals surface area contributed by atoms with E-state index in [9.17, 15) is 4.79 Å². The molecule has 4 nitrogen and oxygen atoms in total. The Labute approximate surface area is 112 Å². The Hall–Kier alpha value is -1.20. The van der Waals surface area contributed by atoms with E-state index in [1.165, 1.54) is 6.08 Å². The molecule has 1 aromatic heterocycles. The van der Waals surface area contributed by atoms with Crippen molar-refractivity contribution < 1.29 is 13.9 Å². The molecule has 0 aromatic carbocycles. The van der Waals surface area contributed by atoms with Gasteiger partial charge in [-0.05, 0) is 36.6 Å². The largest absolute Gasteiger partial charge is 0.465 e. The normalized spacial score (nSPS) is 12.8. The van der Waals surface area contributed by atoms with Gasteiger partial charge in [0, 0.05) is 19.7 Å². The summed E-state index contributed by atoms with van der Waals surface area (Å²) < 4.78 is 10.4. The van der Waals surface area contributed by atoms with Gasteiger partial charge in [0.2, 0.25) is 5.91 Å². The summed E-state index contributed by atoms with van der Waals surface area (Å²) in [5, 5.41) is 2.80. The first-order valence-corrected chi connectivity index (χ1v) is 7.16. The van der Waals surface area contributed by atoms with Crippen molar-refractivity contribution in [3.63, 3.8) is 0 Å². The predicted molar refractivity (Wildman–Crippen MR) is 74.5 cm³/mol. The van der Waals surface area contributed by atoms with Crippen LogP contribution in [0.3, 0.4) is 0 Å². The monoisotopic (exact) mass is 269 g/mol. The second-order valence-electron chi connectivity index (χ2n) is 3.73. The van der Waals surface area contributed by atoms with Crippen LogP contribution in [0.2, 0.25) is 0 Å².